The summed E-state index contributed by atoms with van der Waals surface area (Å²) >= 11 is 0. The Morgan fingerprint density at radius 1 is 1.26 bits per heavy atom. The number of benzene rings is 1. The van der Waals surface area contributed by atoms with Crippen molar-refractivity contribution in [2.24, 2.45) is 0 Å². The maximum absolute atomic E-state index is 12.5. The van der Waals surface area contributed by atoms with Crippen molar-refractivity contribution in [2.75, 3.05) is 13.1 Å². The Balaban J connectivity index is 1.78. The molecule has 1 unspecified atom stereocenters. The Kier molecular flexibility index (Phi) is 6.63. The highest BCUT2D eigenvalue weighted by Crippen LogP contribution is 2.32. The molecule has 0 spiro atoms. The molecular weight excluding hydrogens is 288 g/mol. The molecule has 4 heteroatoms. The average molecular weight is 316 g/mol. The number of carbonyl (C=O) groups excluding carboxylic acids is 2. The fourth-order valence-electron chi connectivity index (χ4n) is 3.28. The summed E-state index contributed by atoms with van der Waals surface area (Å²) in [4.78, 5) is 25.4. The minimum atomic E-state index is 0.0131. The molecule has 1 heterocycles. The number of aryl methyl sites for hydroxylation is 1. The van der Waals surface area contributed by atoms with Crippen molar-refractivity contribution in [1.82, 2.24) is 10.2 Å². The summed E-state index contributed by atoms with van der Waals surface area (Å²) in [5, 5.41) is 2.79. The highest BCUT2D eigenvalue weighted by molar-refractivity contribution is 5.77. The van der Waals surface area contributed by atoms with Gasteiger partial charge in [0.2, 0.25) is 11.8 Å². The highest BCUT2D eigenvalue weighted by atomic mass is 16.2. The second-order valence-electron chi connectivity index (χ2n) is 6.45. The van der Waals surface area contributed by atoms with E-state index in [4.69, 9.17) is 0 Å². The second kappa shape index (κ2) is 8.70. The van der Waals surface area contributed by atoms with Crippen molar-refractivity contribution in [1.29, 1.82) is 0 Å². The number of nitrogens with zero attached hydrogens (tertiary/aromatic N) is 1. The zero-order valence-electron chi connectivity index (χ0n) is 14.3. The molecule has 1 aromatic rings. The van der Waals surface area contributed by atoms with Crippen LogP contribution in [0.3, 0.4) is 0 Å². The molecular formula is C19H28N2O2. The number of nitrogens with one attached hydrogen (secondary N) is 1. The lowest BCUT2D eigenvalue weighted by molar-refractivity contribution is -0.132. The van der Waals surface area contributed by atoms with Crippen LogP contribution in [0.5, 0.6) is 0 Å². The molecule has 1 aliphatic rings. The van der Waals surface area contributed by atoms with Crippen molar-refractivity contribution < 1.29 is 9.59 Å². The molecule has 1 atom stereocenters. The molecule has 1 aromatic carbocycles. The van der Waals surface area contributed by atoms with Crippen molar-refractivity contribution in [3.8, 4) is 0 Å². The van der Waals surface area contributed by atoms with Crippen LogP contribution in [0.15, 0.2) is 24.3 Å². The number of carbonyl (C=O) groups is 2. The molecule has 23 heavy (non-hydrogen) atoms. The van der Waals surface area contributed by atoms with E-state index in [0.29, 0.717) is 13.0 Å². The van der Waals surface area contributed by atoms with Gasteiger partial charge >= 0.3 is 0 Å². The normalized spacial score (nSPS) is 17.3. The molecule has 126 valence electrons. The van der Waals surface area contributed by atoms with E-state index in [1.807, 2.05) is 0 Å². The molecule has 2 rings (SSSR count). The predicted molar refractivity (Wildman–Crippen MR) is 92.0 cm³/mol. The number of rotatable bonds is 7. The van der Waals surface area contributed by atoms with E-state index in [0.717, 1.165) is 38.6 Å². The minimum Gasteiger partial charge on any atom is -0.356 e. The standard InChI is InChI=1S/C19H28N2O2/c1-15-8-6-9-17(14-15)18-10-7-13-21(18)19(23)11-4-3-5-12-20-16(2)22/h6,8-9,14,18H,3-5,7,10-13H2,1-2H3,(H,20,22). The number of unbranched alkanes of at least 4 members (excludes halogenated alkanes) is 2. The van der Waals surface area contributed by atoms with Crippen molar-refractivity contribution in [2.45, 2.75) is 58.4 Å². The lowest BCUT2D eigenvalue weighted by Gasteiger charge is -2.25. The van der Waals surface area contributed by atoms with Gasteiger partial charge in [-0.15, -0.1) is 0 Å². The smallest absolute Gasteiger partial charge is 0.223 e. The Hall–Kier alpha value is -1.84. The van der Waals surface area contributed by atoms with Crippen LogP contribution in [-0.2, 0) is 9.59 Å². The molecule has 1 N–H and O–H groups in total. The van der Waals surface area contributed by atoms with E-state index in [9.17, 15) is 9.59 Å². The maximum atomic E-state index is 12.5. The zero-order valence-corrected chi connectivity index (χ0v) is 14.3. The average Bonchev–Trinajstić information content (AvgIpc) is 3.00. The lowest BCUT2D eigenvalue weighted by atomic mass is 10.0. The molecule has 0 aliphatic carbocycles. The van der Waals surface area contributed by atoms with Gasteiger partial charge in [-0.2, -0.15) is 0 Å². The van der Waals surface area contributed by atoms with Crippen LogP contribution in [0, 0.1) is 6.92 Å². The van der Waals surface area contributed by atoms with Crippen molar-refractivity contribution in [3.63, 3.8) is 0 Å². The SMILES string of the molecule is CC(=O)NCCCCCC(=O)N1CCCC1c1cccc(C)c1. The van der Waals surface area contributed by atoms with E-state index >= 15 is 0 Å². The zero-order chi connectivity index (χ0) is 16.7. The van der Waals surface area contributed by atoms with E-state index in [2.05, 4.69) is 41.4 Å². The van der Waals surface area contributed by atoms with Gasteiger partial charge in [0.05, 0.1) is 6.04 Å². The third kappa shape index (κ3) is 5.38. The topological polar surface area (TPSA) is 49.4 Å². The monoisotopic (exact) mass is 316 g/mol. The summed E-state index contributed by atoms with van der Waals surface area (Å²) < 4.78 is 0. The number of likely N-dealkylation sites (tertiary alicyclic amines) is 1. The van der Waals surface area contributed by atoms with E-state index < -0.39 is 0 Å². The Bertz CT molecular complexity index is 542. The molecule has 0 radical (unpaired) electrons. The third-order valence-electron chi connectivity index (χ3n) is 4.44. The van der Waals surface area contributed by atoms with Crippen molar-refractivity contribution >= 4 is 11.8 Å². The third-order valence-corrected chi connectivity index (χ3v) is 4.44. The molecule has 1 saturated heterocycles. The van der Waals surface area contributed by atoms with Gasteiger partial charge in [0.15, 0.2) is 0 Å². The first-order chi connectivity index (χ1) is 11.1. The van der Waals surface area contributed by atoms with Crippen LogP contribution in [0.4, 0.5) is 0 Å². The molecule has 1 fully saturated rings. The van der Waals surface area contributed by atoms with E-state index in [-0.39, 0.29) is 17.9 Å². The van der Waals surface area contributed by atoms with Gasteiger partial charge in [0, 0.05) is 26.4 Å². The van der Waals surface area contributed by atoms with Gasteiger partial charge in [0.25, 0.3) is 0 Å². The van der Waals surface area contributed by atoms with Crippen LogP contribution in [0.25, 0.3) is 0 Å². The van der Waals surface area contributed by atoms with Gasteiger partial charge in [-0.25, -0.2) is 0 Å². The molecule has 2 amide bonds. The van der Waals surface area contributed by atoms with Gasteiger partial charge in [-0.1, -0.05) is 36.2 Å². The summed E-state index contributed by atoms with van der Waals surface area (Å²) in [6.07, 6.45) is 5.59. The summed E-state index contributed by atoms with van der Waals surface area (Å²) in [6, 6.07) is 8.76. The fraction of sp³-hybridized carbons (Fsp3) is 0.579. The van der Waals surface area contributed by atoms with E-state index in [1.54, 1.807) is 0 Å². The quantitative estimate of drug-likeness (QED) is 0.784. The van der Waals surface area contributed by atoms with Crippen LogP contribution in [-0.4, -0.2) is 29.8 Å². The molecule has 0 saturated carbocycles. The van der Waals surface area contributed by atoms with Crippen LogP contribution < -0.4 is 5.32 Å². The second-order valence-corrected chi connectivity index (χ2v) is 6.45. The van der Waals surface area contributed by atoms with Gasteiger partial charge < -0.3 is 10.2 Å². The lowest BCUT2D eigenvalue weighted by Crippen LogP contribution is -2.30. The van der Waals surface area contributed by atoms with Crippen LogP contribution in [0.2, 0.25) is 0 Å². The Labute approximate surface area is 139 Å². The number of amides is 2. The number of hydrogen-bond acceptors (Lipinski definition) is 2. The number of hydrogen-bond donors (Lipinski definition) is 1. The fourth-order valence-corrected chi connectivity index (χ4v) is 3.28. The first-order valence-electron chi connectivity index (χ1n) is 8.68. The molecule has 1 aliphatic heterocycles. The van der Waals surface area contributed by atoms with E-state index in [1.165, 1.54) is 18.1 Å². The molecule has 0 bridgehead atoms. The van der Waals surface area contributed by atoms with Crippen molar-refractivity contribution in [3.05, 3.63) is 35.4 Å². The first-order valence-corrected chi connectivity index (χ1v) is 8.68. The molecule has 4 nitrogen and oxygen atoms in total. The Morgan fingerprint density at radius 2 is 2.09 bits per heavy atom. The van der Waals surface area contributed by atoms with Crippen LogP contribution >= 0.6 is 0 Å². The van der Waals surface area contributed by atoms with Crippen LogP contribution in [0.1, 0.15) is 62.6 Å². The van der Waals surface area contributed by atoms with Gasteiger partial charge in [-0.3, -0.25) is 9.59 Å². The summed E-state index contributed by atoms with van der Waals surface area (Å²) in [7, 11) is 0. The predicted octanol–water partition coefficient (Wildman–Crippen LogP) is 3.36. The summed E-state index contributed by atoms with van der Waals surface area (Å²) in [5.41, 5.74) is 2.52. The summed E-state index contributed by atoms with van der Waals surface area (Å²) in [6.45, 7) is 5.21. The first kappa shape index (κ1) is 17.5. The van der Waals surface area contributed by atoms with Gasteiger partial charge in [-0.05, 0) is 38.2 Å². The Morgan fingerprint density at radius 3 is 2.83 bits per heavy atom. The maximum Gasteiger partial charge on any atom is 0.223 e. The van der Waals surface area contributed by atoms with Gasteiger partial charge in [0.1, 0.15) is 0 Å². The highest BCUT2D eigenvalue weighted by Gasteiger charge is 2.29. The largest absolute Gasteiger partial charge is 0.356 e. The minimum absolute atomic E-state index is 0.0131. The molecule has 0 aromatic heterocycles. The summed E-state index contributed by atoms with van der Waals surface area (Å²) in [5.74, 6) is 0.285.